The molecule has 0 aliphatic carbocycles. The maximum atomic E-state index is 6.52. The maximum absolute atomic E-state index is 6.52. The van der Waals surface area contributed by atoms with Crippen molar-refractivity contribution < 1.29 is 4.42 Å². The molecular formula is C60H40N2O. The number of hydrogen-bond donors (Lipinski definition) is 0. The van der Waals surface area contributed by atoms with Gasteiger partial charge >= 0.3 is 0 Å². The smallest absolute Gasteiger partial charge is 0.137 e. The molecule has 3 nitrogen and oxygen atoms in total. The third-order valence-corrected chi connectivity index (χ3v) is 12.4. The van der Waals surface area contributed by atoms with Crippen molar-refractivity contribution in [1.82, 2.24) is 4.57 Å². The van der Waals surface area contributed by atoms with E-state index in [9.17, 15) is 0 Å². The molecule has 2 aromatic heterocycles. The SMILES string of the molecule is c1ccc(-c2ccccc2-c2ccccc2-c2ccccc2N(c2ccc(-c3cccc4c3c3ccccc3n4-c3ccccc3)cc2)c2cccc3oc4ccccc4c23)cc1. The van der Waals surface area contributed by atoms with Gasteiger partial charge in [-0.15, -0.1) is 0 Å². The molecule has 0 saturated heterocycles. The summed E-state index contributed by atoms with van der Waals surface area (Å²) in [6, 6.07) is 87.1. The van der Waals surface area contributed by atoms with Crippen molar-refractivity contribution in [3.05, 3.63) is 243 Å². The van der Waals surface area contributed by atoms with Crippen molar-refractivity contribution in [3.63, 3.8) is 0 Å². The van der Waals surface area contributed by atoms with E-state index in [1.165, 1.54) is 49.6 Å². The first-order valence-electron chi connectivity index (χ1n) is 21.5. The standard InChI is InChI=1S/C60H40N2O/c1-3-19-41(20-4-1)45-23-7-8-24-47(45)48-25-9-10-26-49(48)50-27-11-14-31-53(50)62(56-34-18-36-58-60(56)52-29-13-16-35-57(52)63-58)44-39-37-42(38-40-44)46-30-17-33-55-59(46)51-28-12-15-32-54(51)61(55)43-21-5-2-6-22-43/h1-40H. The fraction of sp³-hybridized carbons (Fsp3) is 0. The highest BCUT2D eigenvalue weighted by molar-refractivity contribution is 6.16. The molecule has 10 aromatic carbocycles. The normalized spacial score (nSPS) is 11.5. The predicted molar refractivity (Wildman–Crippen MR) is 264 cm³/mol. The molecule has 0 fully saturated rings. The van der Waals surface area contributed by atoms with E-state index in [0.29, 0.717) is 0 Å². The van der Waals surface area contributed by atoms with Crippen LogP contribution in [0.2, 0.25) is 0 Å². The van der Waals surface area contributed by atoms with Crippen LogP contribution in [0.3, 0.4) is 0 Å². The summed E-state index contributed by atoms with van der Waals surface area (Å²) in [6.07, 6.45) is 0. The Morgan fingerprint density at radius 3 is 1.59 bits per heavy atom. The minimum atomic E-state index is 0.853. The summed E-state index contributed by atoms with van der Waals surface area (Å²) in [5.74, 6) is 0. The average Bonchev–Trinajstić information content (AvgIpc) is 3.92. The van der Waals surface area contributed by atoms with E-state index in [-0.39, 0.29) is 0 Å². The van der Waals surface area contributed by atoms with Gasteiger partial charge in [-0.2, -0.15) is 0 Å². The summed E-state index contributed by atoms with van der Waals surface area (Å²) in [6.45, 7) is 0. The van der Waals surface area contributed by atoms with Gasteiger partial charge in [-0.05, 0) is 99.6 Å². The van der Waals surface area contributed by atoms with Crippen LogP contribution >= 0.6 is 0 Å². The van der Waals surface area contributed by atoms with Crippen LogP contribution in [0.15, 0.2) is 247 Å². The molecule has 2 heterocycles. The maximum Gasteiger partial charge on any atom is 0.137 e. The van der Waals surface area contributed by atoms with Crippen LogP contribution in [0.1, 0.15) is 0 Å². The van der Waals surface area contributed by atoms with Crippen molar-refractivity contribution >= 4 is 60.8 Å². The van der Waals surface area contributed by atoms with E-state index < -0.39 is 0 Å². The molecule has 3 heteroatoms. The lowest BCUT2D eigenvalue weighted by molar-refractivity contribution is 0.669. The van der Waals surface area contributed by atoms with E-state index in [1.807, 2.05) is 6.07 Å². The van der Waals surface area contributed by atoms with Gasteiger partial charge in [0.25, 0.3) is 0 Å². The van der Waals surface area contributed by atoms with Gasteiger partial charge in [-0.25, -0.2) is 0 Å². The predicted octanol–water partition coefficient (Wildman–Crippen LogP) is 16.8. The monoisotopic (exact) mass is 804 g/mol. The first-order valence-corrected chi connectivity index (χ1v) is 21.5. The molecule has 0 bridgehead atoms. The van der Waals surface area contributed by atoms with Gasteiger partial charge in [-0.3, -0.25) is 0 Å². The summed E-state index contributed by atoms with van der Waals surface area (Å²) in [5.41, 5.74) is 17.8. The second-order valence-electron chi connectivity index (χ2n) is 16.0. The summed E-state index contributed by atoms with van der Waals surface area (Å²) >= 11 is 0. The molecule has 0 N–H and O–H groups in total. The van der Waals surface area contributed by atoms with Crippen molar-refractivity contribution in [2.75, 3.05) is 4.90 Å². The molecule has 0 aliphatic heterocycles. The highest BCUT2D eigenvalue weighted by Crippen LogP contribution is 2.48. The minimum Gasteiger partial charge on any atom is -0.456 e. The molecule has 0 saturated carbocycles. The number of hydrogen-bond acceptors (Lipinski definition) is 2. The summed E-state index contributed by atoms with van der Waals surface area (Å²) in [4.78, 5) is 2.42. The fourth-order valence-electron chi connectivity index (χ4n) is 9.69. The first kappa shape index (κ1) is 36.5. The number of para-hydroxylation sites is 4. The van der Waals surface area contributed by atoms with E-state index in [1.54, 1.807) is 0 Å². The van der Waals surface area contributed by atoms with Crippen LogP contribution in [0.25, 0.3) is 93.9 Å². The number of aromatic nitrogens is 1. The van der Waals surface area contributed by atoms with Gasteiger partial charge in [0.05, 0.1) is 27.8 Å². The van der Waals surface area contributed by atoms with Gasteiger partial charge in [0, 0.05) is 33.1 Å². The second kappa shape index (κ2) is 15.3. The van der Waals surface area contributed by atoms with Gasteiger partial charge in [-0.1, -0.05) is 182 Å². The van der Waals surface area contributed by atoms with Crippen LogP contribution in [0.5, 0.6) is 0 Å². The Labute approximate surface area is 366 Å². The fourth-order valence-corrected chi connectivity index (χ4v) is 9.69. The Hall–Kier alpha value is -8.40. The Morgan fingerprint density at radius 2 is 0.810 bits per heavy atom. The van der Waals surface area contributed by atoms with Crippen molar-refractivity contribution in [2.24, 2.45) is 0 Å². The zero-order chi connectivity index (χ0) is 41.7. The summed E-state index contributed by atoms with van der Waals surface area (Å²) in [7, 11) is 0. The highest BCUT2D eigenvalue weighted by Gasteiger charge is 2.24. The Kier molecular flexibility index (Phi) is 8.83. The molecule has 63 heavy (non-hydrogen) atoms. The van der Waals surface area contributed by atoms with E-state index >= 15 is 0 Å². The molecule has 296 valence electrons. The van der Waals surface area contributed by atoms with E-state index in [4.69, 9.17) is 4.42 Å². The molecule has 0 atom stereocenters. The molecule has 0 aliphatic rings. The molecule has 12 aromatic rings. The lowest BCUT2D eigenvalue weighted by atomic mass is 9.88. The van der Waals surface area contributed by atoms with Crippen LogP contribution in [-0.4, -0.2) is 4.57 Å². The number of fused-ring (bicyclic) bond motifs is 6. The van der Waals surface area contributed by atoms with Crippen molar-refractivity contribution in [2.45, 2.75) is 0 Å². The van der Waals surface area contributed by atoms with Crippen LogP contribution in [0, 0.1) is 0 Å². The average molecular weight is 805 g/mol. The quantitative estimate of drug-likeness (QED) is 0.153. The Balaban J connectivity index is 1.06. The van der Waals surface area contributed by atoms with Crippen LogP contribution in [-0.2, 0) is 0 Å². The molecule has 0 spiro atoms. The zero-order valence-corrected chi connectivity index (χ0v) is 34.4. The molecule has 0 amide bonds. The number of benzene rings is 10. The third-order valence-electron chi connectivity index (χ3n) is 12.4. The number of rotatable bonds is 8. The number of anilines is 3. The van der Waals surface area contributed by atoms with Gasteiger partial charge in [0.2, 0.25) is 0 Å². The first-order chi connectivity index (χ1) is 31.3. The molecule has 0 radical (unpaired) electrons. The van der Waals surface area contributed by atoms with Gasteiger partial charge < -0.3 is 13.9 Å². The lowest BCUT2D eigenvalue weighted by Gasteiger charge is -2.29. The highest BCUT2D eigenvalue weighted by atomic mass is 16.3. The van der Waals surface area contributed by atoms with Crippen molar-refractivity contribution in [1.29, 1.82) is 0 Å². The van der Waals surface area contributed by atoms with Crippen LogP contribution < -0.4 is 4.90 Å². The number of nitrogens with zero attached hydrogens (tertiary/aromatic N) is 2. The second-order valence-corrected chi connectivity index (χ2v) is 16.0. The summed E-state index contributed by atoms with van der Waals surface area (Å²) < 4.78 is 8.90. The molecule has 12 rings (SSSR count). The van der Waals surface area contributed by atoms with Crippen molar-refractivity contribution in [3.8, 4) is 50.2 Å². The largest absolute Gasteiger partial charge is 0.456 e. The van der Waals surface area contributed by atoms with Gasteiger partial charge in [0.1, 0.15) is 11.2 Å². The Bertz CT molecular complexity index is 3620. The van der Waals surface area contributed by atoms with E-state index in [0.717, 1.165) is 61.4 Å². The third kappa shape index (κ3) is 6.13. The summed E-state index contributed by atoms with van der Waals surface area (Å²) in [5, 5.41) is 4.64. The molecular weight excluding hydrogens is 765 g/mol. The lowest BCUT2D eigenvalue weighted by Crippen LogP contribution is -2.11. The van der Waals surface area contributed by atoms with E-state index in [2.05, 4.69) is 246 Å². The van der Waals surface area contributed by atoms with Gasteiger partial charge in [0.15, 0.2) is 0 Å². The zero-order valence-electron chi connectivity index (χ0n) is 34.4. The topological polar surface area (TPSA) is 21.3 Å². The number of furan rings is 1. The molecule has 0 unspecified atom stereocenters. The van der Waals surface area contributed by atoms with Crippen LogP contribution in [0.4, 0.5) is 17.1 Å². The Morgan fingerprint density at radius 1 is 0.302 bits per heavy atom. The minimum absolute atomic E-state index is 0.853.